The molecule has 1 N–H and O–H groups in total. The van der Waals surface area contributed by atoms with Gasteiger partial charge in [0.15, 0.2) is 5.69 Å². The molecule has 0 spiro atoms. The first-order valence-corrected chi connectivity index (χ1v) is 10.3. The Balaban J connectivity index is 1.43. The molecule has 0 aliphatic carbocycles. The van der Waals surface area contributed by atoms with Crippen molar-refractivity contribution in [2.75, 3.05) is 6.54 Å². The summed E-state index contributed by atoms with van der Waals surface area (Å²) in [6.07, 6.45) is 0.413. The largest absolute Gasteiger partial charge is 0.493 e. The number of hydrogen-bond donors (Lipinski definition) is 1. The molecule has 4 aromatic rings. The summed E-state index contributed by atoms with van der Waals surface area (Å²) >= 11 is 0. The van der Waals surface area contributed by atoms with Crippen molar-refractivity contribution in [2.45, 2.75) is 13.0 Å². The number of fused-ring (bicyclic) bond motifs is 2. The zero-order chi connectivity index (χ0) is 22.2. The van der Waals surface area contributed by atoms with Gasteiger partial charge in [-0.2, -0.15) is 0 Å². The van der Waals surface area contributed by atoms with E-state index in [-0.39, 0.29) is 29.9 Å². The van der Waals surface area contributed by atoms with Crippen LogP contribution in [0.3, 0.4) is 0 Å². The molecule has 0 saturated heterocycles. The Bertz CT molecular complexity index is 1340. The summed E-state index contributed by atoms with van der Waals surface area (Å²) < 4.78 is 1.61. The average Bonchev–Trinajstić information content (AvgIpc) is 3.24. The molecule has 2 heterocycles. The van der Waals surface area contributed by atoms with Gasteiger partial charge in [-0.3, -0.25) is 14.5 Å². The Morgan fingerprint density at radius 1 is 0.781 bits per heavy atom. The Kier molecular flexibility index (Phi) is 4.78. The van der Waals surface area contributed by atoms with Gasteiger partial charge in [0.1, 0.15) is 0 Å². The first kappa shape index (κ1) is 19.7. The lowest BCUT2D eigenvalue weighted by Gasteiger charge is -2.14. The molecule has 32 heavy (non-hydrogen) atoms. The van der Waals surface area contributed by atoms with Gasteiger partial charge in [0.25, 0.3) is 11.8 Å². The van der Waals surface area contributed by atoms with E-state index in [0.29, 0.717) is 35.0 Å². The summed E-state index contributed by atoms with van der Waals surface area (Å²) in [7, 11) is 0. The molecule has 2 amide bonds. The van der Waals surface area contributed by atoms with Crippen LogP contribution < -0.4 is 0 Å². The van der Waals surface area contributed by atoms with Gasteiger partial charge in [-0.05, 0) is 47.0 Å². The van der Waals surface area contributed by atoms with Gasteiger partial charge in [0, 0.05) is 18.5 Å². The molecule has 1 aliphatic rings. The average molecular weight is 425 g/mol. The number of benzene rings is 3. The number of carbonyl (C=O) groups excluding carboxylic acids is 2. The van der Waals surface area contributed by atoms with Crippen molar-refractivity contribution >= 4 is 28.4 Å². The Morgan fingerprint density at radius 2 is 1.44 bits per heavy atom. The smallest absolute Gasteiger partial charge is 0.261 e. The first-order valence-electron chi connectivity index (χ1n) is 10.3. The highest BCUT2D eigenvalue weighted by Crippen LogP contribution is 2.40. The van der Waals surface area contributed by atoms with Crippen molar-refractivity contribution < 1.29 is 14.7 Å². The highest BCUT2D eigenvalue weighted by atomic mass is 16.3. The molecule has 7 nitrogen and oxygen atoms in total. The van der Waals surface area contributed by atoms with Gasteiger partial charge in [0.05, 0.1) is 16.6 Å². The maximum Gasteiger partial charge on any atom is 0.261 e. The van der Waals surface area contributed by atoms with Gasteiger partial charge < -0.3 is 9.67 Å². The first-order chi connectivity index (χ1) is 15.6. The summed E-state index contributed by atoms with van der Waals surface area (Å²) in [5, 5.41) is 14.2. The fraction of sp³-hybridized carbons (Fsp3) is 0.120. The highest BCUT2D eigenvalue weighted by molar-refractivity contribution is 6.21. The quantitative estimate of drug-likeness (QED) is 0.344. The van der Waals surface area contributed by atoms with Crippen molar-refractivity contribution in [1.29, 1.82) is 0 Å². The van der Waals surface area contributed by atoms with Crippen molar-refractivity contribution in [1.82, 2.24) is 9.47 Å². The third kappa shape index (κ3) is 3.06. The molecule has 0 bridgehead atoms. The number of rotatable bonds is 6. The molecule has 0 radical (unpaired) electrons. The van der Waals surface area contributed by atoms with Crippen molar-refractivity contribution in [3.63, 3.8) is 0 Å². The molecule has 1 aromatic heterocycles. The van der Waals surface area contributed by atoms with Crippen LogP contribution in [-0.2, 0) is 6.54 Å². The zero-order valence-corrected chi connectivity index (χ0v) is 17.1. The molecular weight excluding hydrogens is 406 g/mol. The van der Waals surface area contributed by atoms with Gasteiger partial charge in [0.2, 0.25) is 5.88 Å². The van der Waals surface area contributed by atoms with E-state index in [1.54, 1.807) is 34.9 Å². The molecule has 1 aliphatic heterocycles. The van der Waals surface area contributed by atoms with Crippen molar-refractivity contribution in [3.8, 4) is 17.0 Å². The van der Waals surface area contributed by atoms with Gasteiger partial charge in [-0.1, -0.05) is 48.5 Å². The van der Waals surface area contributed by atoms with Crippen molar-refractivity contribution in [2.24, 2.45) is 5.18 Å². The summed E-state index contributed by atoms with van der Waals surface area (Å²) in [5.74, 6) is -0.842. The molecule has 0 atom stereocenters. The van der Waals surface area contributed by atoms with Gasteiger partial charge in [-0.15, -0.1) is 4.91 Å². The lowest BCUT2D eigenvalue weighted by atomic mass is 10.0. The Labute approximate surface area is 183 Å². The monoisotopic (exact) mass is 425 g/mol. The van der Waals surface area contributed by atoms with Crippen LogP contribution in [0.5, 0.6) is 5.88 Å². The molecule has 158 valence electrons. The van der Waals surface area contributed by atoms with E-state index in [9.17, 15) is 19.6 Å². The van der Waals surface area contributed by atoms with E-state index in [0.717, 1.165) is 11.1 Å². The van der Waals surface area contributed by atoms with E-state index < -0.39 is 0 Å². The third-order valence-electron chi connectivity index (χ3n) is 5.85. The molecule has 3 aromatic carbocycles. The highest BCUT2D eigenvalue weighted by Gasteiger charge is 2.34. The van der Waals surface area contributed by atoms with Crippen LogP contribution in [-0.4, -0.2) is 32.9 Å². The van der Waals surface area contributed by atoms with E-state index in [1.807, 2.05) is 42.5 Å². The maximum absolute atomic E-state index is 12.6. The SMILES string of the molecule is O=Nc1c(O)n(CCCN2C(=O)c3ccccc3C2=O)c2cc(-c3ccccc3)ccc12. The fourth-order valence-electron chi connectivity index (χ4n) is 4.27. The van der Waals surface area contributed by atoms with E-state index in [2.05, 4.69) is 5.18 Å². The number of amides is 2. The molecule has 5 rings (SSSR count). The van der Waals surface area contributed by atoms with Gasteiger partial charge in [-0.25, -0.2) is 0 Å². The number of carbonyl (C=O) groups is 2. The Hall–Kier alpha value is -4.26. The van der Waals surface area contributed by atoms with E-state index >= 15 is 0 Å². The Morgan fingerprint density at radius 3 is 2.09 bits per heavy atom. The van der Waals surface area contributed by atoms with Crippen LogP contribution in [0.4, 0.5) is 5.69 Å². The fourth-order valence-corrected chi connectivity index (χ4v) is 4.27. The lowest BCUT2D eigenvalue weighted by molar-refractivity contribution is 0.0651. The normalized spacial score (nSPS) is 13.1. The number of hydrogen-bond acceptors (Lipinski definition) is 5. The molecule has 7 heteroatoms. The molecule has 0 saturated carbocycles. The second kappa shape index (κ2) is 7.77. The summed E-state index contributed by atoms with van der Waals surface area (Å²) in [6, 6.07) is 22.1. The second-order valence-corrected chi connectivity index (χ2v) is 7.67. The minimum atomic E-state index is -0.311. The van der Waals surface area contributed by atoms with Crippen LogP contribution in [0.1, 0.15) is 27.1 Å². The predicted molar refractivity (Wildman–Crippen MR) is 121 cm³/mol. The summed E-state index contributed by atoms with van der Waals surface area (Å²) in [5.41, 5.74) is 3.42. The standard InChI is InChI=1S/C25H19N3O4/c29-23-18-9-4-5-10-19(18)24(30)28(23)14-6-13-27-21-15-17(16-7-2-1-3-8-16)11-12-20(21)22(26-32)25(27)31/h1-5,7-12,15,31H,6,13-14H2. The minimum absolute atomic E-state index is 0.0136. The van der Waals surface area contributed by atoms with Crippen LogP contribution in [0.15, 0.2) is 78.0 Å². The summed E-state index contributed by atoms with van der Waals surface area (Å²) in [6.45, 7) is 0.511. The number of nitrogens with zero attached hydrogens (tertiary/aromatic N) is 3. The number of aromatic nitrogens is 1. The summed E-state index contributed by atoms with van der Waals surface area (Å²) in [4.78, 5) is 37.8. The van der Waals surface area contributed by atoms with Gasteiger partial charge >= 0.3 is 0 Å². The zero-order valence-electron chi connectivity index (χ0n) is 17.1. The van der Waals surface area contributed by atoms with E-state index in [4.69, 9.17) is 0 Å². The van der Waals surface area contributed by atoms with E-state index in [1.165, 1.54) is 4.90 Å². The van der Waals surface area contributed by atoms with Crippen LogP contribution in [0.25, 0.3) is 22.0 Å². The van der Waals surface area contributed by atoms with Crippen LogP contribution in [0, 0.1) is 4.91 Å². The number of imide groups is 1. The molecule has 0 unspecified atom stereocenters. The number of aromatic hydroxyl groups is 1. The third-order valence-corrected chi connectivity index (χ3v) is 5.85. The number of nitroso groups, excluding NO2 is 1. The predicted octanol–water partition coefficient (Wildman–Crippen LogP) is 5.10. The number of aryl methyl sites for hydroxylation is 1. The minimum Gasteiger partial charge on any atom is -0.493 e. The van der Waals surface area contributed by atoms with Crippen LogP contribution >= 0.6 is 0 Å². The van der Waals surface area contributed by atoms with Crippen molar-refractivity contribution in [3.05, 3.63) is 88.8 Å². The second-order valence-electron chi connectivity index (χ2n) is 7.67. The van der Waals surface area contributed by atoms with Crippen LogP contribution in [0.2, 0.25) is 0 Å². The topological polar surface area (TPSA) is 92.0 Å². The lowest BCUT2D eigenvalue weighted by Crippen LogP contribution is -2.31. The maximum atomic E-state index is 12.6. The molecular formula is C25H19N3O4. The molecule has 0 fully saturated rings.